The van der Waals surface area contributed by atoms with Gasteiger partial charge in [0.05, 0.1) is 12.7 Å². The summed E-state index contributed by atoms with van der Waals surface area (Å²) in [6.45, 7) is 11.0. The lowest BCUT2D eigenvalue weighted by molar-refractivity contribution is 0.104. The predicted octanol–water partition coefficient (Wildman–Crippen LogP) is 1.99. The molecule has 90 valence electrons. The molecule has 0 aromatic rings. The first kappa shape index (κ1) is 14.5. The molecular formula is C12H26N2O. The molecule has 0 radical (unpaired) electrons. The molecule has 0 spiro atoms. The van der Waals surface area contributed by atoms with Crippen molar-refractivity contribution < 1.29 is 4.74 Å². The van der Waals surface area contributed by atoms with E-state index in [9.17, 15) is 0 Å². The van der Waals surface area contributed by atoms with E-state index in [0.29, 0.717) is 6.61 Å². The minimum Gasteiger partial charge on any atom is -0.400 e. The SMILES string of the molecule is CC.CCN(C)CCC1OCC(N)=C1C. The van der Waals surface area contributed by atoms with Crippen LogP contribution in [-0.4, -0.2) is 37.7 Å². The number of ether oxygens (including phenoxy) is 1. The fourth-order valence-electron chi connectivity index (χ4n) is 1.43. The number of hydrogen-bond acceptors (Lipinski definition) is 3. The van der Waals surface area contributed by atoms with E-state index in [1.807, 2.05) is 13.8 Å². The Hall–Kier alpha value is -0.540. The van der Waals surface area contributed by atoms with Gasteiger partial charge >= 0.3 is 0 Å². The van der Waals surface area contributed by atoms with Crippen LogP contribution in [0.25, 0.3) is 0 Å². The highest BCUT2D eigenvalue weighted by Crippen LogP contribution is 2.20. The van der Waals surface area contributed by atoms with Gasteiger partial charge in [-0.2, -0.15) is 0 Å². The van der Waals surface area contributed by atoms with E-state index >= 15 is 0 Å². The van der Waals surface area contributed by atoms with Crippen LogP contribution in [0.15, 0.2) is 11.3 Å². The highest BCUT2D eigenvalue weighted by atomic mass is 16.5. The Morgan fingerprint density at radius 3 is 2.47 bits per heavy atom. The van der Waals surface area contributed by atoms with Crippen LogP contribution in [0.1, 0.15) is 34.1 Å². The zero-order valence-corrected chi connectivity index (χ0v) is 10.8. The normalized spacial score (nSPS) is 20.5. The molecule has 0 aromatic carbocycles. The lowest BCUT2D eigenvalue weighted by atomic mass is 10.1. The zero-order chi connectivity index (χ0) is 11.8. The number of rotatable bonds is 4. The summed E-state index contributed by atoms with van der Waals surface area (Å²) in [5.74, 6) is 0. The fourth-order valence-corrected chi connectivity index (χ4v) is 1.43. The second-order valence-electron chi connectivity index (χ2n) is 3.69. The average Bonchev–Trinajstić information content (AvgIpc) is 2.59. The van der Waals surface area contributed by atoms with Crippen molar-refractivity contribution in [3.63, 3.8) is 0 Å². The van der Waals surface area contributed by atoms with Gasteiger partial charge in [-0.15, -0.1) is 0 Å². The summed E-state index contributed by atoms with van der Waals surface area (Å²) < 4.78 is 5.55. The van der Waals surface area contributed by atoms with E-state index in [1.165, 1.54) is 5.57 Å². The maximum absolute atomic E-state index is 5.75. The van der Waals surface area contributed by atoms with Crippen LogP contribution in [0.5, 0.6) is 0 Å². The highest BCUT2D eigenvalue weighted by molar-refractivity contribution is 5.18. The van der Waals surface area contributed by atoms with Crippen molar-refractivity contribution in [1.82, 2.24) is 4.90 Å². The van der Waals surface area contributed by atoms with Crippen molar-refractivity contribution in [2.45, 2.75) is 40.2 Å². The number of nitrogens with zero attached hydrogens (tertiary/aromatic N) is 1. The first-order valence-electron chi connectivity index (χ1n) is 5.90. The summed E-state index contributed by atoms with van der Waals surface area (Å²) in [6.07, 6.45) is 1.31. The molecule has 15 heavy (non-hydrogen) atoms. The lowest BCUT2D eigenvalue weighted by Crippen LogP contribution is -2.23. The van der Waals surface area contributed by atoms with Gasteiger partial charge in [-0.05, 0) is 32.5 Å². The molecule has 1 atom stereocenters. The quantitative estimate of drug-likeness (QED) is 0.778. The van der Waals surface area contributed by atoms with Crippen molar-refractivity contribution in [2.24, 2.45) is 5.73 Å². The van der Waals surface area contributed by atoms with E-state index in [2.05, 4.69) is 25.8 Å². The molecule has 0 saturated carbocycles. The molecule has 0 amide bonds. The summed E-state index contributed by atoms with van der Waals surface area (Å²) in [5, 5.41) is 0. The largest absolute Gasteiger partial charge is 0.400 e. The second kappa shape index (κ2) is 7.71. The first-order valence-corrected chi connectivity index (χ1v) is 5.90. The molecule has 1 heterocycles. The fraction of sp³-hybridized carbons (Fsp3) is 0.833. The zero-order valence-electron chi connectivity index (χ0n) is 10.8. The van der Waals surface area contributed by atoms with Crippen LogP contribution in [0.4, 0.5) is 0 Å². The van der Waals surface area contributed by atoms with Crippen molar-refractivity contribution in [2.75, 3.05) is 26.7 Å². The summed E-state index contributed by atoms with van der Waals surface area (Å²) in [5.41, 5.74) is 7.90. The molecule has 0 saturated heterocycles. The highest BCUT2D eigenvalue weighted by Gasteiger charge is 2.20. The van der Waals surface area contributed by atoms with Gasteiger partial charge in [0.25, 0.3) is 0 Å². The Morgan fingerprint density at radius 2 is 2.07 bits per heavy atom. The van der Waals surface area contributed by atoms with Gasteiger partial charge in [0.2, 0.25) is 0 Å². The third-order valence-electron chi connectivity index (χ3n) is 2.74. The predicted molar refractivity (Wildman–Crippen MR) is 65.8 cm³/mol. The van der Waals surface area contributed by atoms with Crippen molar-refractivity contribution in [3.8, 4) is 0 Å². The molecule has 0 fully saturated rings. The van der Waals surface area contributed by atoms with Gasteiger partial charge in [0.1, 0.15) is 0 Å². The Kier molecular flexibility index (Phi) is 7.44. The van der Waals surface area contributed by atoms with Gasteiger partial charge < -0.3 is 15.4 Å². The van der Waals surface area contributed by atoms with Crippen molar-refractivity contribution >= 4 is 0 Å². The van der Waals surface area contributed by atoms with Crippen LogP contribution in [0, 0.1) is 0 Å². The van der Waals surface area contributed by atoms with E-state index in [0.717, 1.165) is 25.2 Å². The molecule has 1 aliphatic heterocycles. The molecule has 1 unspecified atom stereocenters. The standard InChI is InChI=1S/C10H20N2O.C2H6/c1-4-12(3)6-5-10-8(2)9(11)7-13-10;1-2/h10H,4-7,11H2,1-3H3;1-2H3. The van der Waals surface area contributed by atoms with Gasteiger partial charge in [-0.25, -0.2) is 0 Å². The van der Waals surface area contributed by atoms with Crippen LogP contribution in [0.2, 0.25) is 0 Å². The molecule has 0 aromatic heterocycles. The van der Waals surface area contributed by atoms with E-state index in [1.54, 1.807) is 0 Å². The van der Waals surface area contributed by atoms with Gasteiger partial charge in [0, 0.05) is 12.2 Å². The summed E-state index contributed by atoms with van der Waals surface area (Å²) >= 11 is 0. The van der Waals surface area contributed by atoms with Crippen molar-refractivity contribution in [1.29, 1.82) is 0 Å². The molecule has 1 aliphatic rings. The van der Waals surface area contributed by atoms with Gasteiger partial charge in [0.15, 0.2) is 0 Å². The topological polar surface area (TPSA) is 38.5 Å². The van der Waals surface area contributed by atoms with Crippen LogP contribution in [0.3, 0.4) is 0 Å². The molecular weight excluding hydrogens is 188 g/mol. The van der Waals surface area contributed by atoms with Crippen molar-refractivity contribution in [3.05, 3.63) is 11.3 Å². The Balaban J connectivity index is 0.000000921. The smallest absolute Gasteiger partial charge is 0.0869 e. The first-order chi connectivity index (χ1) is 7.15. The van der Waals surface area contributed by atoms with E-state index in [4.69, 9.17) is 10.5 Å². The maximum Gasteiger partial charge on any atom is 0.0869 e. The Morgan fingerprint density at radius 1 is 1.47 bits per heavy atom. The van der Waals surface area contributed by atoms with Gasteiger partial charge in [-0.1, -0.05) is 20.8 Å². The lowest BCUT2D eigenvalue weighted by Gasteiger charge is -2.17. The van der Waals surface area contributed by atoms with Crippen LogP contribution >= 0.6 is 0 Å². The number of nitrogens with two attached hydrogens (primary N) is 1. The molecule has 1 rings (SSSR count). The number of hydrogen-bond donors (Lipinski definition) is 1. The molecule has 3 heteroatoms. The molecule has 3 nitrogen and oxygen atoms in total. The molecule has 2 N–H and O–H groups in total. The monoisotopic (exact) mass is 214 g/mol. The average molecular weight is 214 g/mol. The summed E-state index contributed by atoms with van der Waals surface area (Å²) in [6, 6.07) is 0. The minimum atomic E-state index is 0.258. The van der Waals surface area contributed by atoms with E-state index in [-0.39, 0.29) is 6.10 Å². The van der Waals surface area contributed by atoms with E-state index < -0.39 is 0 Å². The van der Waals surface area contributed by atoms with Crippen LogP contribution in [-0.2, 0) is 4.74 Å². The summed E-state index contributed by atoms with van der Waals surface area (Å²) in [7, 11) is 2.12. The third-order valence-corrected chi connectivity index (χ3v) is 2.74. The maximum atomic E-state index is 5.75. The Bertz CT molecular complexity index is 202. The third kappa shape index (κ3) is 4.67. The second-order valence-corrected chi connectivity index (χ2v) is 3.69. The van der Waals surface area contributed by atoms with Gasteiger partial charge in [-0.3, -0.25) is 0 Å². The molecule has 0 bridgehead atoms. The Labute approximate surface area is 94.3 Å². The molecule has 0 aliphatic carbocycles. The summed E-state index contributed by atoms with van der Waals surface area (Å²) in [4.78, 5) is 2.28. The minimum absolute atomic E-state index is 0.258. The van der Waals surface area contributed by atoms with Crippen LogP contribution < -0.4 is 5.73 Å².